The summed E-state index contributed by atoms with van der Waals surface area (Å²) in [6, 6.07) is 18.4. The van der Waals surface area contributed by atoms with Crippen LogP contribution in [0.3, 0.4) is 0 Å². The van der Waals surface area contributed by atoms with Gasteiger partial charge in [-0.25, -0.2) is 0 Å². The molecule has 2 aromatic carbocycles. The van der Waals surface area contributed by atoms with Crippen molar-refractivity contribution in [2.75, 3.05) is 52.9 Å². The van der Waals surface area contributed by atoms with Crippen LogP contribution in [-0.2, 0) is 16.0 Å². The summed E-state index contributed by atoms with van der Waals surface area (Å²) < 4.78 is 4.14. The number of halogens is 2. The molecule has 3 aliphatic rings. The maximum absolute atomic E-state index is 13.1. The van der Waals surface area contributed by atoms with Crippen molar-refractivity contribution in [3.8, 4) is 10.0 Å². The highest BCUT2D eigenvalue weighted by Crippen LogP contribution is 2.41. The van der Waals surface area contributed by atoms with E-state index in [4.69, 9.17) is 33.2 Å². The zero-order valence-corrected chi connectivity index (χ0v) is 44.8. The lowest BCUT2D eigenvalue weighted by Crippen LogP contribution is -2.45. The van der Waals surface area contributed by atoms with E-state index in [0.717, 1.165) is 100 Å². The van der Waals surface area contributed by atoms with Crippen molar-refractivity contribution in [3.63, 3.8) is 0 Å². The van der Waals surface area contributed by atoms with Gasteiger partial charge in [0.05, 0.1) is 24.3 Å². The van der Waals surface area contributed by atoms with Gasteiger partial charge in [-0.3, -0.25) is 33.7 Å². The number of likely N-dealkylation sites (N-methyl/N-ethyl adjacent to an activating group) is 1. The Morgan fingerprint density at radius 3 is 1.61 bits per heavy atom. The zero-order valence-electron chi connectivity index (χ0n) is 41.7. The first-order valence-corrected chi connectivity index (χ1v) is 26.7. The number of hydrogen-bond acceptors (Lipinski definition) is 13. The number of amides is 2. The van der Waals surface area contributed by atoms with Gasteiger partial charge in [0.25, 0.3) is 0 Å². The number of pyridine rings is 1. The average molecular weight is 1050 g/mol. The number of fused-ring (bicyclic) bond motifs is 6. The van der Waals surface area contributed by atoms with Gasteiger partial charge in [-0.1, -0.05) is 53.5 Å². The van der Waals surface area contributed by atoms with Crippen LogP contribution in [-0.4, -0.2) is 120 Å². The second-order valence-corrected chi connectivity index (χ2v) is 21.8. The van der Waals surface area contributed by atoms with Gasteiger partial charge in [0.2, 0.25) is 11.8 Å². The molecule has 0 radical (unpaired) electrons. The lowest BCUT2D eigenvalue weighted by molar-refractivity contribution is -0.122. The quantitative estimate of drug-likeness (QED) is 0.107. The number of benzene rings is 2. The highest BCUT2D eigenvalue weighted by Gasteiger charge is 2.34. The molecule has 0 aliphatic carbocycles. The number of nitrogens with one attached hydrogen (secondary N) is 2. The molecule has 3 aliphatic heterocycles. The third-order valence-electron chi connectivity index (χ3n) is 13.5. The van der Waals surface area contributed by atoms with Crippen LogP contribution in [0.5, 0.6) is 0 Å². The number of aromatic nitrogens is 7. The van der Waals surface area contributed by atoms with E-state index in [1.54, 1.807) is 28.9 Å². The standard InChI is InChI=1S/C27H34ClN7OS.C26H25ClN6OS/c1-17-18(2)37-27-24(17)25(20-6-8-21(28)9-7-20)30-22(26-32-31-19(3)35(26)27)16-23(36)29-10-5-11-34-14-12-33(4)13-15-34;1-15-16(2)35-26-23(15)24(19-6-8-20(27)9-7-19)30-21(25-32-31-17(3)33(25)26)13-22(34)29-12-10-18-5-4-11-28-14-18/h6-9,22H,5,10-16H2,1-4H3,(H,29,36);4-9,11,14,21H,10,12-13H2,1-3H3,(H,29,34)/t22-;21-/m00/s1. The molecule has 7 aromatic rings. The number of rotatable bonds is 13. The van der Waals surface area contributed by atoms with Crippen molar-refractivity contribution in [1.82, 2.24) is 54.9 Å². The Morgan fingerprint density at radius 1 is 0.653 bits per heavy atom. The van der Waals surface area contributed by atoms with Gasteiger partial charge < -0.3 is 20.4 Å². The molecule has 2 atom stereocenters. The van der Waals surface area contributed by atoms with Crippen LogP contribution in [0.25, 0.3) is 10.0 Å². The molecule has 8 heterocycles. The molecule has 0 saturated carbocycles. The van der Waals surface area contributed by atoms with Crippen molar-refractivity contribution in [3.05, 3.63) is 155 Å². The van der Waals surface area contributed by atoms with Crippen LogP contribution in [0.4, 0.5) is 0 Å². The van der Waals surface area contributed by atoms with Crippen molar-refractivity contribution < 1.29 is 9.59 Å². The Labute approximate surface area is 438 Å². The van der Waals surface area contributed by atoms with E-state index in [1.165, 1.54) is 20.9 Å². The second-order valence-electron chi connectivity index (χ2n) is 18.5. The first-order chi connectivity index (χ1) is 34.7. The van der Waals surface area contributed by atoms with Gasteiger partial charge in [-0.15, -0.1) is 43.1 Å². The smallest absolute Gasteiger partial charge is 0.222 e. The maximum atomic E-state index is 13.1. The minimum atomic E-state index is -0.473. The molecule has 374 valence electrons. The molecule has 2 N–H and O–H groups in total. The molecule has 1 fully saturated rings. The fourth-order valence-corrected chi connectivity index (χ4v) is 11.9. The highest BCUT2D eigenvalue weighted by atomic mass is 35.5. The summed E-state index contributed by atoms with van der Waals surface area (Å²) in [7, 11) is 2.16. The molecular formula is C53H59Cl2N13O2S2. The molecule has 5 aromatic heterocycles. The fraction of sp³-hybridized carbons (Fsp3) is 0.377. The topological polar surface area (TPSA) is 164 Å². The van der Waals surface area contributed by atoms with E-state index in [2.05, 4.69) is 89.7 Å². The Hall–Kier alpha value is -5.95. The van der Waals surface area contributed by atoms with Gasteiger partial charge in [0.15, 0.2) is 11.6 Å². The summed E-state index contributed by atoms with van der Waals surface area (Å²) >= 11 is 15.8. The van der Waals surface area contributed by atoms with Crippen LogP contribution < -0.4 is 10.6 Å². The lowest BCUT2D eigenvalue weighted by atomic mass is 9.99. The van der Waals surface area contributed by atoms with E-state index < -0.39 is 12.1 Å². The Kier molecular flexibility index (Phi) is 15.9. The Bertz CT molecular complexity index is 3130. The summed E-state index contributed by atoms with van der Waals surface area (Å²) in [6.45, 7) is 18.9. The molecule has 15 nitrogen and oxygen atoms in total. The van der Waals surface area contributed by atoms with Crippen molar-refractivity contribution >= 4 is 69.1 Å². The SMILES string of the molecule is Cc1sc2c(c1C)C(c1ccc(Cl)cc1)=N[C@@H](CC(=O)NCCCN1CCN(C)CC1)c1nnc(C)n1-2.Cc1sc2c(c1C)C(c1ccc(Cl)cc1)=N[C@@H](CC(=O)NCCc1cccnc1)c1nnc(C)n1-2. The second kappa shape index (κ2) is 22.4. The lowest BCUT2D eigenvalue weighted by Gasteiger charge is -2.32. The summed E-state index contributed by atoms with van der Waals surface area (Å²) in [5, 5.41) is 27.2. The van der Waals surface area contributed by atoms with Crippen molar-refractivity contribution in [2.24, 2.45) is 9.98 Å². The first-order valence-electron chi connectivity index (χ1n) is 24.3. The largest absolute Gasteiger partial charge is 0.356 e. The predicted molar refractivity (Wildman–Crippen MR) is 288 cm³/mol. The summed E-state index contributed by atoms with van der Waals surface area (Å²) in [6.07, 6.45) is 5.60. The van der Waals surface area contributed by atoms with E-state index in [-0.39, 0.29) is 24.7 Å². The van der Waals surface area contributed by atoms with E-state index in [1.807, 2.05) is 80.7 Å². The minimum Gasteiger partial charge on any atom is -0.356 e. The molecule has 72 heavy (non-hydrogen) atoms. The van der Waals surface area contributed by atoms with Gasteiger partial charge in [0, 0.05) is 93.7 Å². The number of carbonyl (C=O) groups is 2. The molecular weight excluding hydrogens is 986 g/mol. The molecule has 0 bridgehead atoms. The maximum Gasteiger partial charge on any atom is 0.222 e. The Balaban J connectivity index is 0.000000178. The first kappa shape index (κ1) is 51.0. The summed E-state index contributed by atoms with van der Waals surface area (Å²) in [5.74, 6) is 2.85. The predicted octanol–water partition coefficient (Wildman–Crippen LogP) is 8.89. The highest BCUT2D eigenvalue weighted by molar-refractivity contribution is 7.15. The number of piperazine rings is 1. The minimum absolute atomic E-state index is 0.0204. The van der Waals surface area contributed by atoms with Crippen LogP contribution in [0.2, 0.25) is 10.0 Å². The van der Waals surface area contributed by atoms with Crippen molar-refractivity contribution in [1.29, 1.82) is 0 Å². The molecule has 19 heteroatoms. The fourth-order valence-electron chi connectivity index (χ4n) is 9.25. The molecule has 0 spiro atoms. The van der Waals surface area contributed by atoms with E-state index in [9.17, 15) is 9.59 Å². The van der Waals surface area contributed by atoms with Crippen LogP contribution >= 0.6 is 45.9 Å². The molecule has 10 rings (SSSR count). The third-order valence-corrected chi connectivity index (χ3v) is 16.4. The van der Waals surface area contributed by atoms with Gasteiger partial charge in [-0.2, -0.15) is 0 Å². The number of aryl methyl sites for hydroxylation is 4. The van der Waals surface area contributed by atoms with Crippen LogP contribution in [0, 0.1) is 41.5 Å². The number of hydrogen-bond donors (Lipinski definition) is 2. The monoisotopic (exact) mass is 1040 g/mol. The van der Waals surface area contributed by atoms with Crippen molar-refractivity contribution in [2.45, 2.75) is 79.3 Å². The van der Waals surface area contributed by atoms with Crippen LogP contribution in [0.15, 0.2) is 83.0 Å². The number of aliphatic imine (C=N–C) groups is 2. The van der Waals surface area contributed by atoms with Gasteiger partial charge in [0.1, 0.15) is 33.7 Å². The Morgan fingerprint density at radius 2 is 1.14 bits per heavy atom. The van der Waals surface area contributed by atoms with Gasteiger partial charge in [-0.05, 0) is 115 Å². The number of carbonyl (C=O) groups excluding carboxylic acids is 2. The summed E-state index contributed by atoms with van der Waals surface area (Å²) in [4.78, 5) is 47.8. The number of thiophene rings is 2. The molecule has 1 saturated heterocycles. The number of nitrogens with zero attached hydrogens (tertiary/aromatic N) is 11. The van der Waals surface area contributed by atoms with Gasteiger partial charge >= 0.3 is 0 Å². The summed E-state index contributed by atoms with van der Waals surface area (Å²) in [5.41, 5.74) is 9.19. The van der Waals surface area contributed by atoms with E-state index >= 15 is 0 Å². The average Bonchev–Trinajstić information content (AvgIpc) is 4.06. The van der Waals surface area contributed by atoms with Crippen LogP contribution in [0.1, 0.15) is 103 Å². The molecule has 2 amide bonds. The normalized spacial score (nSPS) is 16.5. The van der Waals surface area contributed by atoms with E-state index in [0.29, 0.717) is 41.2 Å². The third kappa shape index (κ3) is 11.2. The molecule has 0 unspecified atom stereocenters. The zero-order chi connectivity index (χ0) is 50.6.